The molecule has 1 atom stereocenters. The van der Waals surface area contributed by atoms with Crippen molar-refractivity contribution in [1.82, 2.24) is 5.32 Å². The average Bonchev–Trinajstić information content (AvgIpc) is 3.03. The fraction of sp³-hybridized carbons (Fsp3) is 0.611. The van der Waals surface area contributed by atoms with E-state index in [4.69, 9.17) is 4.74 Å². The van der Waals surface area contributed by atoms with Gasteiger partial charge in [0.2, 0.25) is 5.91 Å². The summed E-state index contributed by atoms with van der Waals surface area (Å²) in [7, 11) is 0. The largest absolute Gasteiger partial charge is 0.490 e. The average molecular weight is 339 g/mol. The van der Waals surface area contributed by atoms with Crippen molar-refractivity contribution in [3.8, 4) is 5.75 Å². The predicted molar refractivity (Wildman–Crippen MR) is 95.4 cm³/mol. The second-order valence-electron chi connectivity index (χ2n) is 6.84. The minimum Gasteiger partial charge on any atom is -0.490 e. The van der Waals surface area contributed by atoms with Crippen LogP contribution >= 0.6 is 12.4 Å². The summed E-state index contributed by atoms with van der Waals surface area (Å²) >= 11 is 0. The van der Waals surface area contributed by atoms with E-state index < -0.39 is 0 Å². The Kier molecular flexibility index (Phi) is 6.31. The summed E-state index contributed by atoms with van der Waals surface area (Å²) in [5, 5.41) is 6.35. The highest BCUT2D eigenvalue weighted by molar-refractivity contribution is 5.95. The molecule has 3 rings (SSSR count). The second kappa shape index (κ2) is 8.02. The number of amides is 1. The number of hydrogen-bond acceptors (Lipinski definition) is 3. The van der Waals surface area contributed by atoms with Gasteiger partial charge in [0.25, 0.3) is 0 Å². The summed E-state index contributed by atoms with van der Waals surface area (Å²) in [5.41, 5.74) is 0.535. The molecule has 0 radical (unpaired) electrons. The molecular weight excluding hydrogens is 312 g/mol. The highest BCUT2D eigenvalue weighted by Crippen LogP contribution is 2.28. The molecule has 1 aliphatic carbocycles. The first-order chi connectivity index (χ1) is 10.7. The molecule has 128 valence electrons. The minimum atomic E-state index is -0.308. The molecule has 1 saturated carbocycles. The van der Waals surface area contributed by atoms with Crippen molar-refractivity contribution in [2.24, 2.45) is 5.41 Å². The number of rotatable bonds is 4. The Labute approximate surface area is 144 Å². The molecule has 4 nitrogen and oxygen atoms in total. The van der Waals surface area contributed by atoms with Crippen LogP contribution < -0.4 is 15.4 Å². The molecule has 0 bridgehead atoms. The number of ether oxygens (including phenoxy) is 1. The zero-order valence-electron chi connectivity index (χ0n) is 13.8. The van der Waals surface area contributed by atoms with Crippen LogP contribution in [0.1, 0.15) is 45.4 Å². The van der Waals surface area contributed by atoms with Gasteiger partial charge in [-0.15, -0.1) is 12.4 Å². The number of carbonyl (C=O) groups excluding carboxylic acids is 1. The lowest BCUT2D eigenvalue weighted by molar-refractivity contribution is -0.125. The van der Waals surface area contributed by atoms with Crippen LogP contribution in [0.4, 0.5) is 5.69 Å². The molecule has 1 heterocycles. The van der Waals surface area contributed by atoms with Crippen LogP contribution in [0.2, 0.25) is 0 Å². The molecule has 5 heteroatoms. The Morgan fingerprint density at radius 3 is 2.52 bits per heavy atom. The van der Waals surface area contributed by atoms with Crippen LogP contribution in [0, 0.1) is 5.41 Å². The normalized spacial score (nSPS) is 24.7. The van der Waals surface area contributed by atoms with E-state index in [1.165, 1.54) is 12.8 Å². The smallest absolute Gasteiger partial charge is 0.231 e. The molecule has 1 aromatic rings. The first kappa shape index (κ1) is 18.1. The molecular formula is C18H27ClN2O2. The van der Waals surface area contributed by atoms with Gasteiger partial charge >= 0.3 is 0 Å². The lowest BCUT2D eigenvalue weighted by Crippen LogP contribution is -2.46. The van der Waals surface area contributed by atoms with Gasteiger partial charge in [-0.3, -0.25) is 4.79 Å². The van der Waals surface area contributed by atoms with E-state index in [0.29, 0.717) is 6.10 Å². The number of hydrogen-bond donors (Lipinski definition) is 2. The topological polar surface area (TPSA) is 50.4 Å². The van der Waals surface area contributed by atoms with Crippen molar-refractivity contribution in [1.29, 1.82) is 0 Å². The third-order valence-corrected chi connectivity index (χ3v) is 4.86. The molecule has 1 unspecified atom stereocenters. The van der Waals surface area contributed by atoms with E-state index in [1.807, 2.05) is 31.2 Å². The van der Waals surface area contributed by atoms with E-state index in [-0.39, 0.29) is 23.7 Å². The van der Waals surface area contributed by atoms with E-state index in [9.17, 15) is 4.79 Å². The summed E-state index contributed by atoms with van der Waals surface area (Å²) in [4.78, 5) is 12.5. The first-order valence-electron chi connectivity index (χ1n) is 8.45. The van der Waals surface area contributed by atoms with E-state index in [0.717, 1.165) is 50.2 Å². The molecule has 0 aromatic heterocycles. The van der Waals surface area contributed by atoms with Crippen LogP contribution in [0.3, 0.4) is 0 Å². The van der Waals surface area contributed by atoms with Crippen molar-refractivity contribution < 1.29 is 9.53 Å². The van der Waals surface area contributed by atoms with Crippen molar-refractivity contribution in [3.63, 3.8) is 0 Å². The second-order valence-corrected chi connectivity index (χ2v) is 6.84. The van der Waals surface area contributed by atoms with Crippen molar-refractivity contribution in [3.05, 3.63) is 24.3 Å². The summed E-state index contributed by atoms with van der Waals surface area (Å²) in [6, 6.07) is 7.77. The Morgan fingerprint density at radius 2 is 1.91 bits per heavy atom. The molecule has 0 spiro atoms. The number of benzene rings is 1. The maximum Gasteiger partial charge on any atom is 0.231 e. The number of carbonyl (C=O) groups is 1. The maximum absolute atomic E-state index is 12.5. The number of halogens is 1. The molecule has 2 fully saturated rings. The lowest BCUT2D eigenvalue weighted by Gasteiger charge is -2.32. The van der Waals surface area contributed by atoms with Crippen molar-refractivity contribution >= 4 is 24.0 Å². The fourth-order valence-corrected chi connectivity index (χ4v) is 3.35. The van der Waals surface area contributed by atoms with Crippen LogP contribution in [0.15, 0.2) is 24.3 Å². The predicted octanol–water partition coefficient (Wildman–Crippen LogP) is 3.76. The van der Waals surface area contributed by atoms with Gasteiger partial charge < -0.3 is 15.4 Å². The highest BCUT2D eigenvalue weighted by atomic mass is 35.5. The SMILES string of the molecule is CC1(C(=O)Nc2ccc(OC3CCCC3)cc2)CCCNC1.Cl. The summed E-state index contributed by atoms with van der Waals surface area (Å²) in [5.74, 6) is 1.000. The van der Waals surface area contributed by atoms with E-state index in [2.05, 4.69) is 10.6 Å². The molecule has 1 aromatic carbocycles. The zero-order chi connectivity index (χ0) is 15.4. The van der Waals surface area contributed by atoms with E-state index in [1.54, 1.807) is 0 Å². The first-order valence-corrected chi connectivity index (χ1v) is 8.45. The van der Waals surface area contributed by atoms with Gasteiger partial charge in [0.1, 0.15) is 5.75 Å². The monoisotopic (exact) mass is 338 g/mol. The molecule has 1 aliphatic heterocycles. The van der Waals surface area contributed by atoms with Crippen LogP contribution in [-0.2, 0) is 4.79 Å². The Hall–Kier alpha value is -1.26. The van der Waals surface area contributed by atoms with Gasteiger partial charge in [-0.1, -0.05) is 0 Å². The van der Waals surface area contributed by atoms with E-state index >= 15 is 0 Å². The molecule has 1 amide bonds. The molecule has 1 saturated heterocycles. The number of nitrogens with one attached hydrogen (secondary N) is 2. The van der Waals surface area contributed by atoms with Crippen LogP contribution in [-0.4, -0.2) is 25.1 Å². The van der Waals surface area contributed by atoms with Crippen LogP contribution in [0.5, 0.6) is 5.75 Å². The Morgan fingerprint density at radius 1 is 1.22 bits per heavy atom. The summed E-state index contributed by atoms with van der Waals surface area (Å²) < 4.78 is 5.95. The van der Waals surface area contributed by atoms with Gasteiger partial charge in [-0.05, 0) is 76.3 Å². The lowest BCUT2D eigenvalue weighted by atomic mass is 9.82. The maximum atomic E-state index is 12.5. The van der Waals surface area contributed by atoms with Gasteiger partial charge in [0, 0.05) is 12.2 Å². The van der Waals surface area contributed by atoms with Gasteiger partial charge in [-0.25, -0.2) is 0 Å². The Balaban J connectivity index is 0.00000192. The van der Waals surface area contributed by atoms with Crippen molar-refractivity contribution in [2.45, 2.75) is 51.6 Å². The molecule has 2 N–H and O–H groups in total. The van der Waals surface area contributed by atoms with Gasteiger partial charge in [0.15, 0.2) is 0 Å². The third kappa shape index (κ3) is 4.61. The van der Waals surface area contributed by atoms with Gasteiger partial charge in [0.05, 0.1) is 11.5 Å². The number of anilines is 1. The van der Waals surface area contributed by atoms with Gasteiger partial charge in [-0.2, -0.15) is 0 Å². The summed E-state index contributed by atoms with van der Waals surface area (Å²) in [6.07, 6.45) is 7.21. The molecule has 23 heavy (non-hydrogen) atoms. The molecule has 2 aliphatic rings. The number of piperidine rings is 1. The highest BCUT2D eigenvalue weighted by Gasteiger charge is 2.34. The minimum absolute atomic E-state index is 0. The third-order valence-electron chi connectivity index (χ3n) is 4.86. The standard InChI is InChI=1S/C18H26N2O2.ClH/c1-18(11-4-12-19-13-18)17(21)20-14-7-9-16(10-8-14)22-15-5-2-3-6-15;/h7-10,15,19H,2-6,11-13H2,1H3,(H,20,21);1H. The summed E-state index contributed by atoms with van der Waals surface area (Å²) in [6.45, 7) is 3.80. The quantitative estimate of drug-likeness (QED) is 0.878. The van der Waals surface area contributed by atoms with Crippen molar-refractivity contribution in [2.75, 3.05) is 18.4 Å². The fourth-order valence-electron chi connectivity index (χ4n) is 3.35. The Bertz CT molecular complexity index is 506. The zero-order valence-corrected chi connectivity index (χ0v) is 14.6. The van der Waals surface area contributed by atoms with Crippen LogP contribution in [0.25, 0.3) is 0 Å².